The van der Waals surface area contributed by atoms with Crippen LogP contribution in [0.4, 0.5) is 8.78 Å². The Hall–Kier alpha value is -4.07. The summed E-state index contributed by atoms with van der Waals surface area (Å²) < 4.78 is 36.8. The van der Waals surface area contributed by atoms with E-state index in [4.69, 9.17) is 4.42 Å². The molecule has 0 spiro atoms. The molecule has 34 heavy (non-hydrogen) atoms. The van der Waals surface area contributed by atoms with Crippen LogP contribution in [0.1, 0.15) is 42.3 Å². The molecule has 0 amide bonds. The predicted molar refractivity (Wildman–Crippen MR) is 124 cm³/mol. The average Bonchev–Trinajstić information content (AvgIpc) is 3.08. The van der Waals surface area contributed by atoms with Crippen molar-refractivity contribution in [2.24, 2.45) is 0 Å². The van der Waals surface area contributed by atoms with Gasteiger partial charge >= 0.3 is 11.6 Å². The van der Waals surface area contributed by atoms with E-state index in [-0.39, 0.29) is 28.9 Å². The molecule has 6 nitrogen and oxygen atoms in total. The number of benzene rings is 2. The Bertz CT molecular complexity index is 1690. The van der Waals surface area contributed by atoms with E-state index in [2.05, 4.69) is 4.98 Å². The fraction of sp³-hybridized carbons (Fsp3) is 0.192. The number of pyridine rings is 1. The molecule has 0 aliphatic heterocycles. The third-order valence-electron chi connectivity index (χ3n) is 6.00. The molecule has 0 saturated carbocycles. The Morgan fingerprint density at radius 2 is 1.85 bits per heavy atom. The molecule has 5 rings (SSSR count). The van der Waals surface area contributed by atoms with Gasteiger partial charge in [-0.15, -0.1) is 0 Å². The Morgan fingerprint density at radius 3 is 2.56 bits per heavy atom. The van der Waals surface area contributed by atoms with Crippen molar-refractivity contribution >= 4 is 38.9 Å². The lowest BCUT2D eigenvalue weighted by molar-refractivity contribution is 0.0696. The quantitative estimate of drug-likeness (QED) is 0.376. The van der Waals surface area contributed by atoms with E-state index in [0.29, 0.717) is 27.2 Å². The summed E-state index contributed by atoms with van der Waals surface area (Å²) in [4.78, 5) is 28.7. The molecule has 8 heteroatoms. The Morgan fingerprint density at radius 1 is 1.09 bits per heavy atom. The smallest absolute Gasteiger partial charge is 0.362 e. The molecule has 1 N–H and O–H groups in total. The number of fused-ring (bicyclic) bond motifs is 5. The Labute approximate surface area is 192 Å². The minimum atomic E-state index is -1.21. The van der Waals surface area contributed by atoms with Crippen molar-refractivity contribution in [3.63, 3.8) is 0 Å². The number of hydrogen-bond acceptors (Lipinski definition) is 4. The monoisotopic (exact) mass is 462 g/mol. The molecule has 0 fully saturated rings. The topological polar surface area (TPSA) is 85.3 Å². The lowest BCUT2D eigenvalue weighted by atomic mass is 9.85. The highest BCUT2D eigenvalue weighted by atomic mass is 19.1. The number of carboxylic acid groups (broad SMARTS) is 1. The first-order valence-corrected chi connectivity index (χ1v) is 10.6. The van der Waals surface area contributed by atoms with E-state index in [1.54, 1.807) is 18.2 Å². The summed E-state index contributed by atoms with van der Waals surface area (Å²) in [5, 5.41) is 11.0. The average molecular weight is 462 g/mol. The standard InChI is InChI=1S/C26H20F2N2O4/c1-26(2,3)17-10-16-20(11-19(17)28)30(12-14-9-13(24(31)32)6-7-18(14)27)22-21(16)15-5-4-8-29-23(15)34-25(22)33/h4-11H,12H2,1-3H3,(H,31,32). The van der Waals surface area contributed by atoms with Gasteiger partial charge in [0, 0.05) is 27.9 Å². The fourth-order valence-electron chi connectivity index (χ4n) is 4.39. The molecule has 3 heterocycles. The van der Waals surface area contributed by atoms with E-state index in [1.807, 2.05) is 20.8 Å². The van der Waals surface area contributed by atoms with Crippen molar-refractivity contribution in [3.05, 3.63) is 87.4 Å². The lowest BCUT2D eigenvalue weighted by Gasteiger charge is -2.20. The number of hydrogen-bond donors (Lipinski definition) is 1. The van der Waals surface area contributed by atoms with E-state index in [1.165, 1.54) is 22.9 Å². The molecule has 0 radical (unpaired) electrons. The summed E-state index contributed by atoms with van der Waals surface area (Å²) >= 11 is 0. The number of carboxylic acids is 1. The number of aromatic carboxylic acids is 1. The number of carbonyl (C=O) groups is 1. The second-order valence-electron chi connectivity index (χ2n) is 9.27. The van der Waals surface area contributed by atoms with Gasteiger partial charge in [-0.2, -0.15) is 0 Å². The van der Waals surface area contributed by atoms with E-state index in [9.17, 15) is 19.1 Å². The second-order valence-corrected chi connectivity index (χ2v) is 9.27. The Balaban J connectivity index is 1.93. The molecule has 0 atom stereocenters. The van der Waals surface area contributed by atoms with Crippen LogP contribution in [0.3, 0.4) is 0 Å². The normalized spacial score (nSPS) is 12.1. The minimum absolute atomic E-state index is 0.0460. The maximum Gasteiger partial charge on any atom is 0.362 e. The number of aromatic nitrogens is 2. The maximum atomic E-state index is 15.2. The predicted octanol–water partition coefficient (Wildman–Crippen LogP) is 5.62. The SMILES string of the molecule is CC(C)(C)c1cc2c3c4cccnc4oc(=O)c3n(Cc3cc(C(=O)O)ccc3F)c2cc1F. The van der Waals surface area contributed by atoms with E-state index < -0.39 is 28.6 Å². The van der Waals surface area contributed by atoms with Gasteiger partial charge in [0.05, 0.1) is 17.6 Å². The summed E-state index contributed by atoms with van der Waals surface area (Å²) in [6, 6.07) is 9.93. The second kappa shape index (κ2) is 7.48. The third kappa shape index (κ3) is 3.34. The molecule has 172 valence electrons. The number of halogens is 2. The summed E-state index contributed by atoms with van der Waals surface area (Å²) in [6.07, 6.45) is 1.50. The van der Waals surface area contributed by atoms with Gasteiger partial charge in [-0.1, -0.05) is 20.8 Å². The van der Waals surface area contributed by atoms with Crippen molar-refractivity contribution in [1.29, 1.82) is 0 Å². The summed E-state index contributed by atoms with van der Waals surface area (Å²) in [5.41, 5.74) is -0.176. The lowest BCUT2D eigenvalue weighted by Crippen LogP contribution is -2.14. The zero-order valence-corrected chi connectivity index (χ0v) is 18.6. The minimum Gasteiger partial charge on any atom is -0.478 e. The molecule has 0 aliphatic carbocycles. The van der Waals surface area contributed by atoms with Gasteiger partial charge in [0.15, 0.2) is 0 Å². The zero-order valence-electron chi connectivity index (χ0n) is 18.6. The molecule has 0 bridgehead atoms. The van der Waals surface area contributed by atoms with E-state index in [0.717, 1.165) is 12.1 Å². The van der Waals surface area contributed by atoms with Crippen LogP contribution in [0.2, 0.25) is 0 Å². The van der Waals surface area contributed by atoms with Gasteiger partial charge < -0.3 is 14.1 Å². The van der Waals surface area contributed by atoms with Crippen molar-refractivity contribution in [2.75, 3.05) is 0 Å². The number of rotatable bonds is 3. The van der Waals surface area contributed by atoms with Crippen molar-refractivity contribution in [2.45, 2.75) is 32.7 Å². The van der Waals surface area contributed by atoms with Crippen LogP contribution in [0.15, 0.2) is 57.9 Å². The van der Waals surface area contributed by atoms with E-state index >= 15 is 4.39 Å². The largest absolute Gasteiger partial charge is 0.478 e. The van der Waals surface area contributed by atoms with Crippen molar-refractivity contribution in [3.8, 4) is 0 Å². The molecular weight excluding hydrogens is 442 g/mol. The van der Waals surface area contributed by atoms with Gasteiger partial charge in [-0.25, -0.2) is 23.4 Å². The van der Waals surface area contributed by atoms with Crippen LogP contribution in [0, 0.1) is 11.6 Å². The zero-order chi connectivity index (χ0) is 24.4. The first kappa shape index (κ1) is 21.8. The van der Waals surface area contributed by atoms with Crippen LogP contribution < -0.4 is 5.63 Å². The first-order chi connectivity index (χ1) is 16.1. The van der Waals surface area contributed by atoms with Crippen LogP contribution in [0.25, 0.3) is 32.9 Å². The third-order valence-corrected chi connectivity index (χ3v) is 6.00. The highest BCUT2D eigenvalue weighted by Crippen LogP contribution is 2.37. The van der Waals surface area contributed by atoms with Gasteiger partial charge in [0.25, 0.3) is 0 Å². The highest BCUT2D eigenvalue weighted by Gasteiger charge is 2.25. The molecule has 5 aromatic rings. The first-order valence-electron chi connectivity index (χ1n) is 10.6. The molecule has 0 saturated heterocycles. The molecule has 0 aliphatic rings. The summed E-state index contributed by atoms with van der Waals surface area (Å²) in [6.45, 7) is 5.46. The van der Waals surface area contributed by atoms with Gasteiger partial charge in [0.1, 0.15) is 17.2 Å². The van der Waals surface area contributed by atoms with Crippen molar-refractivity contribution < 1.29 is 23.1 Å². The molecule has 2 aromatic carbocycles. The molecule has 0 unspecified atom stereocenters. The highest BCUT2D eigenvalue weighted by molar-refractivity contribution is 6.18. The Kier molecular flexibility index (Phi) is 4.79. The fourth-order valence-corrected chi connectivity index (χ4v) is 4.39. The van der Waals surface area contributed by atoms with Crippen LogP contribution in [-0.4, -0.2) is 20.6 Å². The van der Waals surface area contributed by atoms with Crippen LogP contribution >= 0.6 is 0 Å². The van der Waals surface area contributed by atoms with Gasteiger partial charge in [0.2, 0.25) is 5.71 Å². The van der Waals surface area contributed by atoms with Crippen molar-refractivity contribution in [1.82, 2.24) is 9.55 Å². The number of nitrogens with zero attached hydrogens (tertiary/aromatic N) is 2. The van der Waals surface area contributed by atoms with Crippen LogP contribution in [-0.2, 0) is 12.0 Å². The van der Waals surface area contributed by atoms with Gasteiger partial charge in [-0.05, 0) is 53.4 Å². The summed E-state index contributed by atoms with van der Waals surface area (Å²) in [7, 11) is 0. The maximum absolute atomic E-state index is 15.2. The van der Waals surface area contributed by atoms with Crippen LogP contribution in [0.5, 0.6) is 0 Å². The molecule has 3 aromatic heterocycles. The summed E-state index contributed by atoms with van der Waals surface area (Å²) in [5.74, 6) is -2.31. The van der Waals surface area contributed by atoms with Gasteiger partial charge in [-0.3, -0.25) is 0 Å². The molecular formula is C26H20F2N2O4.